The molecule has 1 aliphatic heterocycles. The second-order valence-corrected chi connectivity index (χ2v) is 5.63. The minimum atomic E-state index is 0.350. The van der Waals surface area contributed by atoms with Crippen molar-refractivity contribution in [2.75, 3.05) is 33.3 Å². The largest absolute Gasteiger partial charge is 0.376 e. The number of benzene rings is 1. The predicted molar refractivity (Wildman–Crippen MR) is 79.7 cm³/mol. The topological polar surface area (TPSA) is 24.5 Å². The lowest BCUT2D eigenvalue weighted by atomic mass is 10.1. The van der Waals surface area contributed by atoms with Crippen LogP contribution in [0.1, 0.15) is 24.9 Å². The summed E-state index contributed by atoms with van der Waals surface area (Å²) in [6.45, 7) is 6.02. The van der Waals surface area contributed by atoms with E-state index in [-0.39, 0.29) is 0 Å². The summed E-state index contributed by atoms with van der Waals surface area (Å²) in [5, 5.41) is 4.17. The fraction of sp³-hybridized carbons (Fsp3) is 0.600. The Morgan fingerprint density at radius 3 is 3.05 bits per heavy atom. The van der Waals surface area contributed by atoms with Crippen LogP contribution in [0.15, 0.2) is 24.3 Å². The zero-order chi connectivity index (χ0) is 13.7. The third-order valence-corrected chi connectivity index (χ3v) is 4.04. The van der Waals surface area contributed by atoms with Crippen molar-refractivity contribution in [1.29, 1.82) is 0 Å². The van der Waals surface area contributed by atoms with Crippen LogP contribution in [-0.2, 0) is 4.74 Å². The smallest absolute Gasteiger partial charge is 0.0712 e. The van der Waals surface area contributed by atoms with Crippen LogP contribution in [0, 0.1) is 0 Å². The Hall–Kier alpha value is -0.610. The molecule has 1 saturated heterocycles. The Balaban J connectivity index is 1.83. The van der Waals surface area contributed by atoms with Gasteiger partial charge in [-0.1, -0.05) is 23.7 Å². The molecule has 4 heteroatoms. The van der Waals surface area contributed by atoms with E-state index in [0.717, 1.165) is 37.7 Å². The second-order valence-electron chi connectivity index (χ2n) is 5.20. The molecule has 1 aliphatic rings. The quantitative estimate of drug-likeness (QED) is 0.899. The summed E-state index contributed by atoms with van der Waals surface area (Å²) in [6, 6.07) is 8.47. The van der Waals surface area contributed by atoms with Gasteiger partial charge in [0.2, 0.25) is 0 Å². The highest BCUT2D eigenvalue weighted by molar-refractivity contribution is 6.30. The third kappa shape index (κ3) is 4.46. The zero-order valence-electron chi connectivity index (χ0n) is 11.7. The maximum Gasteiger partial charge on any atom is 0.0712 e. The molecule has 1 aromatic rings. The molecule has 0 saturated carbocycles. The molecule has 106 valence electrons. The molecule has 1 N–H and O–H groups in total. The summed E-state index contributed by atoms with van der Waals surface area (Å²) in [5.41, 5.74) is 1.26. The van der Waals surface area contributed by atoms with E-state index < -0.39 is 0 Å². The minimum absolute atomic E-state index is 0.350. The number of hydrogen-bond acceptors (Lipinski definition) is 3. The Morgan fingerprint density at radius 2 is 2.37 bits per heavy atom. The van der Waals surface area contributed by atoms with Crippen molar-refractivity contribution in [3.05, 3.63) is 34.9 Å². The maximum atomic E-state index is 6.05. The molecular formula is C15H23ClN2O. The number of nitrogens with zero attached hydrogens (tertiary/aromatic N) is 1. The highest BCUT2D eigenvalue weighted by atomic mass is 35.5. The molecule has 3 nitrogen and oxygen atoms in total. The number of ether oxygens (including phenoxy) is 1. The first kappa shape index (κ1) is 14.8. The lowest BCUT2D eigenvalue weighted by molar-refractivity contribution is 0.0169. The third-order valence-electron chi connectivity index (χ3n) is 3.80. The van der Waals surface area contributed by atoms with Gasteiger partial charge >= 0.3 is 0 Å². The van der Waals surface area contributed by atoms with E-state index in [4.69, 9.17) is 16.3 Å². The minimum Gasteiger partial charge on any atom is -0.376 e. The monoisotopic (exact) mass is 282 g/mol. The van der Waals surface area contributed by atoms with Gasteiger partial charge in [-0.05, 0) is 38.1 Å². The molecule has 0 aliphatic carbocycles. The van der Waals surface area contributed by atoms with Gasteiger partial charge in [0.25, 0.3) is 0 Å². The van der Waals surface area contributed by atoms with Crippen molar-refractivity contribution in [2.24, 2.45) is 0 Å². The van der Waals surface area contributed by atoms with E-state index in [9.17, 15) is 0 Å². The number of nitrogens with one attached hydrogen (secondary N) is 1. The Morgan fingerprint density at radius 1 is 1.53 bits per heavy atom. The average Bonchev–Trinajstić information content (AvgIpc) is 2.45. The van der Waals surface area contributed by atoms with E-state index in [1.807, 2.05) is 18.2 Å². The second kappa shape index (κ2) is 7.25. The van der Waals surface area contributed by atoms with Gasteiger partial charge in [-0.2, -0.15) is 0 Å². The van der Waals surface area contributed by atoms with Gasteiger partial charge in [0, 0.05) is 30.7 Å². The number of rotatable bonds is 5. The molecule has 19 heavy (non-hydrogen) atoms. The summed E-state index contributed by atoms with van der Waals surface area (Å²) in [7, 11) is 2.15. The van der Waals surface area contributed by atoms with Gasteiger partial charge in [-0.25, -0.2) is 0 Å². The molecule has 0 bridgehead atoms. The predicted octanol–water partition coefficient (Wildman–Crippen LogP) is 2.71. The van der Waals surface area contributed by atoms with Crippen molar-refractivity contribution in [2.45, 2.75) is 25.5 Å². The molecular weight excluding hydrogens is 260 g/mol. The van der Waals surface area contributed by atoms with Crippen LogP contribution in [0.4, 0.5) is 0 Å². The molecule has 0 aromatic heterocycles. The van der Waals surface area contributed by atoms with E-state index in [0.29, 0.717) is 12.1 Å². The summed E-state index contributed by atoms with van der Waals surface area (Å²) < 4.78 is 5.72. The first-order valence-electron chi connectivity index (χ1n) is 6.95. The molecule has 1 aromatic carbocycles. The molecule has 2 unspecified atom stereocenters. The van der Waals surface area contributed by atoms with Gasteiger partial charge in [0.15, 0.2) is 0 Å². The Labute approximate surface area is 120 Å². The van der Waals surface area contributed by atoms with Crippen molar-refractivity contribution >= 4 is 11.6 Å². The standard InChI is InChI=1S/C15H23ClN2O/c1-12(13-4-3-5-14(16)10-13)18(2)8-6-15-11-17-7-9-19-15/h3-5,10,12,15,17H,6-9,11H2,1-2H3. The van der Waals surface area contributed by atoms with E-state index in [2.05, 4.69) is 30.3 Å². The summed E-state index contributed by atoms with van der Waals surface area (Å²) in [5.74, 6) is 0. The molecule has 1 fully saturated rings. The van der Waals surface area contributed by atoms with Crippen LogP contribution in [0.2, 0.25) is 5.02 Å². The van der Waals surface area contributed by atoms with Gasteiger partial charge in [0.05, 0.1) is 12.7 Å². The molecule has 0 spiro atoms. The van der Waals surface area contributed by atoms with E-state index in [1.165, 1.54) is 5.56 Å². The van der Waals surface area contributed by atoms with Gasteiger partial charge < -0.3 is 10.1 Å². The van der Waals surface area contributed by atoms with Crippen LogP contribution < -0.4 is 5.32 Å². The fourth-order valence-corrected chi connectivity index (χ4v) is 2.57. The lowest BCUT2D eigenvalue weighted by Crippen LogP contribution is -2.40. The first-order chi connectivity index (χ1) is 9.16. The first-order valence-corrected chi connectivity index (χ1v) is 7.32. The van der Waals surface area contributed by atoms with Crippen LogP contribution in [0.3, 0.4) is 0 Å². The van der Waals surface area contributed by atoms with E-state index in [1.54, 1.807) is 0 Å². The van der Waals surface area contributed by atoms with Crippen molar-refractivity contribution < 1.29 is 4.74 Å². The van der Waals surface area contributed by atoms with Crippen molar-refractivity contribution in [3.63, 3.8) is 0 Å². The van der Waals surface area contributed by atoms with E-state index >= 15 is 0 Å². The van der Waals surface area contributed by atoms with Crippen LogP contribution in [-0.4, -0.2) is 44.3 Å². The lowest BCUT2D eigenvalue weighted by Gasteiger charge is -2.29. The fourth-order valence-electron chi connectivity index (χ4n) is 2.37. The van der Waals surface area contributed by atoms with Crippen LogP contribution in [0.25, 0.3) is 0 Å². The maximum absolute atomic E-state index is 6.05. The Kier molecular flexibility index (Phi) is 5.64. The summed E-state index contributed by atoms with van der Waals surface area (Å²) in [6.07, 6.45) is 1.41. The SMILES string of the molecule is CC(c1cccc(Cl)c1)N(C)CCC1CNCCO1. The van der Waals surface area contributed by atoms with Crippen LogP contribution in [0.5, 0.6) is 0 Å². The number of morpholine rings is 1. The summed E-state index contributed by atoms with van der Waals surface area (Å²) in [4.78, 5) is 2.35. The summed E-state index contributed by atoms with van der Waals surface area (Å²) >= 11 is 6.05. The zero-order valence-corrected chi connectivity index (χ0v) is 12.5. The number of halogens is 1. The van der Waals surface area contributed by atoms with Gasteiger partial charge in [-0.15, -0.1) is 0 Å². The highest BCUT2D eigenvalue weighted by Gasteiger charge is 2.16. The molecule has 1 heterocycles. The normalized spacial score (nSPS) is 21.6. The molecule has 0 amide bonds. The number of hydrogen-bond donors (Lipinski definition) is 1. The van der Waals surface area contributed by atoms with Crippen LogP contribution >= 0.6 is 11.6 Å². The van der Waals surface area contributed by atoms with Gasteiger partial charge in [0.1, 0.15) is 0 Å². The van der Waals surface area contributed by atoms with Crippen molar-refractivity contribution in [3.8, 4) is 0 Å². The average molecular weight is 283 g/mol. The highest BCUT2D eigenvalue weighted by Crippen LogP contribution is 2.22. The molecule has 0 radical (unpaired) electrons. The van der Waals surface area contributed by atoms with Gasteiger partial charge in [-0.3, -0.25) is 4.90 Å². The Bertz CT molecular complexity index is 393. The van der Waals surface area contributed by atoms with Crippen molar-refractivity contribution in [1.82, 2.24) is 10.2 Å². The molecule has 2 rings (SSSR count). The molecule has 2 atom stereocenters.